The fourth-order valence-electron chi connectivity index (χ4n) is 1.95. The van der Waals surface area contributed by atoms with Gasteiger partial charge in [0.25, 0.3) is 0 Å². The van der Waals surface area contributed by atoms with Gasteiger partial charge in [-0.3, -0.25) is 0 Å². The summed E-state index contributed by atoms with van der Waals surface area (Å²) in [6, 6.07) is 0. The zero-order valence-corrected chi connectivity index (χ0v) is 7.99. The minimum atomic E-state index is -0.153. The van der Waals surface area contributed by atoms with Crippen molar-refractivity contribution in [1.82, 2.24) is 0 Å². The first-order chi connectivity index (χ1) is 4.61. The summed E-state index contributed by atoms with van der Waals surface area (Å²) in [7, 11) is 0. The van der Waals surface area contributed by atoms with Gasteiger partial charge in [0.05, 0.1) is 0 Å². The molecule has 0 aliphatic heterocycles. The highest BCUT2D eigenvalue weighted by atomic mass is 35.5. The maximum Gasteiger partial charge on any atom is 0.110 e. The lowest BCUT2D eigenvalue weighted by Gasteiger charge is -2.14. The molecule has 60 valence electrons. The standard InChI is InChI=1S/C8H14Cl2/c1-5-3-6(2)7(4-5)8(9)10/h5-8H,3-4H2,1-2H3. The SMILES string of the molecule is CC1CC(C)C(C(Cl)Cl)C1. The first-order valence-electron chi connectivity index (χ1n) is 3.89. The van der Waals surface area contributed by atoms with E-state index in [4.69, 9.17) is 23.2 Å². The number of alkyl halides is 2. The van der Waals surface area contributed by atoms with Crippen molar-refractivity contribution < 1.29 is 0 Å². The molecule has 0 amide bonds. The van der Waals surface area contributed by atoms with Crippen molar-refractivity contribution in [3.8, 4) is 0 Å². The molecule has 1 aliphatic carbocycles. The van der Waals surface area contributed by atoms with Crippen LogP contribution in [0.25, 0.3) is 0 Å². The summed E-state index contributed by atoms with van der Waals surface area (Å²) in [5.74, 6) is 2.08. The molecule has 0 aromatic heterocycles. The zero-order valence-electron chi connectivity index (χ0n) is 6.48. The quantitative estimate of drug-likeness (QED) is 0.543. The van der Waals surface area contributed by atoms with E-state index in [0.29, 0.717) is 5.92 Å². The molecule has 0 bridgehead atoms. The fraction of sp³-hybridized carbons (Fsp3) is 1.00. The lowest BCUT2D eigenvalue weighted by molar-refractivity contribution is 0.445. The lowest BCUT2D eigenvalue weighted by Crippen LogP contribution is -2.11. The van der Waals surface area contributed by atoms with E-state index in [1.807, 2.05) is 0 Å². The summed E-state index contributed by atoms with van der Waals surface area (Å²) < 4.78 is 0. The van der Waals surface area contributed by atoms with Crippen LogP contribution in [-0.2, 0) is 0 Å². The second-order valence-corrected chi connectivity index (χ2v) is 4.72. The molecular weight excluding hydrogens is 167 g/mol. The minimum Gasteiger partial charge on any atom is -0.105 e. The van der Waals surface area contributed by atoms with E-state index in [1.165, 1.54) is 12.8 Å². The second-order valence-electron chi connectivity index (χ2n) is 3.55. The summed E-state index contributed by atoms with van der Waals surface area (Å²) in [6.07, 6.45) is 2.50. The van der Waals surface area contributed by atoms with Gasteiger partial charge in [-0.15, -0.1) is 23.2 Å². The van der Waals surface area contributed by atoms with Crippen molar-refractivity contribution in [2.75, 3.05) is 0 Å². The fourth-order valence-corrected chi connectivity index (χ4v) is 2.66. The third-order valence-electron chi connectivity index (χ3n) is 2.50. The third-order valence-corrected chi connectivity index (χ3v) is 3.15. The van der Waals surface area contributed by atoms with Gasteiger partial charge in [-0.2, -0.15) is 0 Å². The molecule has 1 saturated carbocycles. The molecule has 1 rings (SSSR count). The van der Waals surface area contributed by atoms with Gasteiger partial charge in [-0.1, -0.05) is 13.8 Å². The van der Waals surface area contributed by atoms with Crippen LogP contribution >= 0.6 is 23.2 Å². The summed E-state index contributed by atoms with van der Waals surface area (Å²) in [5.41, 5.74) is 0. The van der Waals surface area contributed by atoms with E-state index in [2.05, 4.69) is 13.8 Å². The monoisotopic (exact) mass is 180 g/mol. The Kier molecular flexibility index (Phi) is 2.88. The topological polar surface area (TPSA) is 0 Å². The largest absolute Gasteiger partial charge is 0.110 e. The normalized spacial score (nSPS) is 41.1. The Morgan fingerprint density at radius 3 is 2.00 bits per heavy atom. The van der Waals surface area contributed by atoms with E-state index in [9.17, 15) is 0 Å². The van der Waals surface area contributed by atoms with E-state index in [1.54, 1.807) is 0 Å². The zero-order chi connectivity index (χ0) is 7.72. The Bertz CT molecular complexity index is 112. The van der Waals surface area contributed by atoms with Gasteiger partial charge in [0, 0.05) is 0 Å². The molecular formula is C8H14Cl2. The Balaban J connectivity index is 2.46. The molecule has 1 aliphatic rings. The van der Waals surface area contributed by atoms with Gasteiger partial charge in [0.2, 0.25) is 0 Å². The average Bonchev–Trinajstić information content (AvgIpc) is 2.10. The summed E-state index contributed by atoms with van der Waals surface area (Å²) >= 11 is 11.6. The molecule has 3 unspecified atom stereocenters. The van der Waals surface area contributed by atoms with Crippen LogP contribution in [0.5, 0.6) is 0 Å². The van der Waals surface area contributed by atoms with Crippen LogP contribution in [0.2, 0.25) is 0 Å². The second kappa shape index (κ2) is 3.32. The van der Waals surface area contributed by atoms with Crippen LogP contribution in [0.4, 0.5) is 0 Å². The molecule has 0 spiro atoms. The molecule has 0 aromatic carbocycles. The average molecular weight is 181 g/mol. The highest BCUT2D eigenvalue weighted by Crippen LogP contribution is 2.40. The first-order valence-corrected chi connectivity index (χ1v) is 4.76. The number of hydrogen-bond acceptors (Lipinski definition) is 0. The van der Waals surface area contributed by atoms with Gasteiger partial charge in [-0.25, -0.2) is 0 Å². The molecule has 0 saturated heterocycles. The van der Waals surface area contributed by atoms with Crippen LogP contribution in [-0.4, -0.2) is 4.84 Å². The summed E-state index contributed by atoms with van der Waals surface area (Å²) in [5, 5.41) is 0. The van der Waals surface area contributed by atoms with E-state index < -0.39 is 0 Å². The maximum absolute atomic E-state index is 5.81. The number of hydrogen-bond donors (Lipinski definition) is 0. The first kappa shape index (κ1) is 8.67. The molecule has 0 aromatic rings. The van der Waals surface area contributed by atoms with E-state index in [-0.39, 0.29) is 4.84 Å². The number of halogens is 2. The highest BCUT2D eigenvalue weighted by Gasteiger charge is 2.32. The summed E-state index contributed by atoms with van der Waals surface area (Å²) in [6.45, 7) is 4.51. The maximum atomic E-state index is 5.81. The van der Waals surface area contributed by atoms with Crippen LogP contribution in [0.15, 0.2) is 0 Å². The highest BCUT2D eigenvalue weighted by molar-refractivity contribution is 6.44. The Morgan fingerprint density at radius 1 is 1.20 bits per heavy atom. The number of rotatable bonds is 1. The van der Waals surface area contributed by atoms with Crippen molar-refractivity contribution in [3.05, 3.63) is 0 Å². The molecule has 1 fully saturated rings. The molecule has 10 heavy (non-hydrogen) atoms. The van der Waals surface area contributed by atoms with Gasteiger partial charge < -0.3 is 0 Å². The van der Waals surface area contributed by atoms with Gasteiger partial charge in [0.1, 0.15) is 4.84 Å². The van der Waals surface area contributed by atoms with Crippen LogP contribution in [0.3, 0.4) is 0 Å². The minimum absolute atomic E-state index is 0.153. The van der Waals surface area contributed by atoms with Crippen LogP contribution in [0.1, 0.15) is 26.7 Å². The lowest BCUT2D eigenvalue weighted by atomic mass is 10.0. The molecule has 0 N–H and O–H groups in total. The Labute approximate surface area is 72.9 Å². The van der Waals surface area contributed by atoms with Crippen molar-refractivity contribution in [3.63, 3.8) is 0 Å². The predicted octanol–water partition coefficient (Wildman–Crippen LogP) is 3.47. The Hall–Kier alpha value is 0.580. The molecule has 0 heterocycles. The van der Waals surface area contributed by atoms with Gasteiger partial charge in [0.15, 0.2) is 0 Å². The molecule has 0 radical (unpaired) electrons. The third kappa shape index (κ3) is 1.79. The van der Waals surface area contributed by atoms with E-state index >= 15 is 0 Å². The van der Waals surface area contributed by atoms with Gasteiger partial charge in [-0.05, 0) is 30.6 Å². The molecule has 3 atom stereocenters. The van der Waals surface area contributed by atoms with Crippen molar-refractivity contribution >= 4 is 23.2 Å². The van der Waals surface area contributed by atoms with E-state index in [0.717, 1.165) is 11.8 Å². The summed E-state index contributed by atoms with van der Waals surface area (Å²) in [4.78, 5) is -0.153. The van der Waals surface area contributed by atoms with Crippen LogP contribution in [0, 0.1) is 17.8 Å². The van der Waals surface area contributed by atoms with Crippen molar-refractivity contribution in [2.45, 2.75) is 31.5 Å². The smallest absolute Gasteiger partial charge is 0.105 e. The van der Waals surface area contributed by atoms with Crippen LogP contribution < -0.4 is 0 Å². The van der Waals surface area contributed by atoms with Crippen molar-refractivity contribution in [2.24, 2.45) is 17.8 Å². The predicted molar refractivity (Wildman–Crippen MR) is 46.5 cm³/mol. The molecule has 2 heteroatoms. The Morgan fingerprint density at radius 2 is 1.80 bits per heavy atom. The van der Waals surface area contributed by atoms with Gasteiger partial charge >= 0.3 is 0 Å². The molecule has 0 nitrogen and oxygen atoms in total. The van der Waals surface area contributed by atoms with Crippen molar-refractivity contribution in [1.29, 1.82) is 0 Å².